The molecule has 0 amide bonds. The van der Waals surface area contributed by atoms with Crippen LogP contribution in [0.25, 0.3) is 0 Å². The summed E-state index contributed by atoms with van der Waals surface area (Å²) in [7, 11) is 0. The second kappa shape index (κ2) is 9.50. The van der Waals surface area contributed by atoms with Crippen molar-refractivity contribution in [2.75, 3.05) is 5.75 Å². The summed E-state index contributed by atoms with van der Waals surface area (Å²) in [4.78, 5) is 1.66. The zero-order valence-corrected chi connectivity index (χ0v) is 14.6. The van der Waals surface area contributed by atoms with E-state index in [0.717, 1.165) is 23.9 Å². The maximum absolute atomic E-state index is 13.7. The van der Waals surface area contributed by atoms with Crippen molar-refractivity contribution in [1.82, 2.24) is 0 Å². The highest BCUT2D eigenvalue weighted by Crippen LogP contribution is 2.26. The summed E-state index contributed by atoms with van der Waals surface area (Å²) in [6.07, 6.45) is 9.86. The number of hydrogen-bond donors (Lipinski definition) is 0. The highest BCUT2D eigenvalue weighted by atomic mass is 32.2. The molecule has 1 aliphatic rings. The highest BCUT2D eigenvalue weighted by Gasteiger charge is 2.07. The van der Waals surface area contributed by atoms with Crippen molar-refractivity contribution < 1.29 is 4.39 Å². The number of nitrogens with zero attached hydrogens (tertiary/aromatic N) is 1. The Morgan fingerprint density at radius 3 is 2.91 bits per heavy atom. The largest absolute Gasteiger partial charge is 0.206 e. The fourth-order valence-electron chi connectivity index (χ4n) is 2.04. The second-order valence-corrected chi connectivity index (χ2v) is 7.11. The Morgan fingerprint density at radius 2 is 2.26 bits per heavy atom. The lowest BCUT2D eigenvalue weighted by molar-refractivity contribution is 0.602. The van der Waals surface area contributed by atoms with Gasteiger partial charge in [-0.15, -0.1) is 11.8 Å². The molecule has 0 radical (unpaired) electrons. The minimum atomic E-state index is -0.392. The molecule has 0 N–H and O–H groups in total. The van der Waals surface area contributed by atoms with Crippen molar-refractivity contribution in [3.63, 3.8) is 0 Å². The Kier molecular flexibility index (Phi) is 7.33. The van der Waals surface area contributed by atoms with E-state index in [2.05, 4.69) is 37.0 Å². The molecule has 0 bridgehead atoms. The molecule has 118 valence electrons. The molecule has 1 aliphatic carbocycles. The fourth-order valence-corrected chi connectivity index (χ4v) is 3.48. The molecule has 4 heteroatoms. The number of benzene rings is 1. The first-order chi connectivity index (χ1) is 11.2. The molecule has 2 rings (SSSR count). The molecule has 1 aromatic carbocycles. The predicted octanol–water partition coefficient (Wildman–Crippen LogP) is 5.74. The highest BCUT2D eigenvalue weighted by molar-refractivity contribution is 8.03. The predicted molar refractivity (Wildman–Crippen MR) is 97.4 cm³/mol. The van der Waals surface area contributed by atoms with Gasteiger partial charge in [-0.05, 0) is 48.6 Å². The van der Waals surface area contributed by atoms with E-state index in [0.29, 0.717) is 10.5 Å². The van der Waals surface area contributed by atoms with Gasteiger partial charge < -0.3 is 0 Å². The zero-order chi connectivity index (χ0) is 16.5. The Labute approximate surface area is 146 Å². The van der Waals surface area contributed by atoms with Gasteiger partial charge in [-0.1, -0.05) is 43.4 Å². The van der Waals surface area contributed by atoms with Crippen LogP contribution in [-0.2, 0) is 0 Å². The third kappa shape index (κ3) is 5.82. The first-order valence-corrected chi connectivity index (χ1v) is 9.41. The first kappa shape index (κ1) is 17.7. The van der Waals surface area contributed by atoms with Gasteiger partial charge >= 0.3 is 0 Å². The van der Waals surface area contributed by atoms with Gasteiger partial charge in [0.25, 0.3) is 0 Å². The summed E-state index contributed by atoms with van der Waals surface area (Å²) in [5.41, 5.74) is 0.644. The van der Waals surface area contributed by atoms with E-state index in [-0.39, 0.29) is 5.92 Å². The maximum atomic E-state index is 13.7. The summed E-state index contributed by atoms with van der Waals surface area (Å²) < 4.78 is 13.7. The lowest BCUT2D eigenvalue weighted by Gasteiger charge is -2.10. The quantitative estimate of drug-likeness (QED) is 0.295. The topological polar surface area (TPSA) is 23.8 Å². The van der Waals surface area contributed by atoms with Crippen molar-refractivity contribution in [3.8, 4) is 17.2 Å². The van der Waals surface area contributed by atoms with E-state index in [9.17, 15) is 4.39 Å². The molecule has 1 nitrogen and oxygen atoms in total. The van der Waals surface area contributed by atoms with Crippen LogP contribution in [0.4, 0.5) is 4.39 Å². The standard InChI is InChI=1S/C19H18FNS2/c1-2-3-12-22-17-9-6-15(7-10-17)4-5-16-8-11-19(23-14-21)18(20)13-16/h6,8-11,13,15H,2-3,7,12H2,1H3. The van der Waals surface area contributed by atoms with Crippen molar-refractivity contribution in [1.29, 1.82) is 5.26 Å². The van der Waals surface area contributed by atoms with Crippen molar-refractivity contribution >= 4 is 23.5 Å². The number of rotatable bonds is 5. The number of halogens is 1. The molecule has 0 spiro atoms. The average Bonchev–Trinajstić information content (AvgIpc) is 2.57. The van der Waals surface area contributed by atoms with Crippen molar-refractivity contribution in [2.24, 2.45) is 5.92 Å². The second-order valence-electron chi connectivity index (χ2n) is 5.12. The Hall–Kier alpha value is -1.62. The van der Waals surface area contributed by atoms with Crippen LogP contribution in [0.1, 0.15) is 31.7 Å². The number of nitriles is 1. The third-order valence-corrected chi connectivity index (χ3v) is 5.09. The van der Waals surface area contributed by atoms with E-state index in [1.807, 2.05) is 17.2 Å². The zero-order valence-electron chi connectivity index (χ0n) is 13.0. The third-order valence-electron chi connectivity index (χ3n) is 3.32. The Morgan fingerprint density at radius 1 is 1.39 bits per heavy atom. The summed E-state index contributed by atoms with van der Waals surface area (Å²) in [5.74, 6) is 7.15. The minimum Gasteiger partial charge on any atom is -0.206 e. The number of thioether (sulfide) groups is 2. The van der Waals surface area contributed by atoms with E-state index in [1.54, 1.807) is 12.1 Å². The number of allylic oxidation sites excluding steroid dienone is 3. The van der Waals surface area contributed by atoms with Gasteiger partial charge in [0.1, 0.15) is 11.2 Å². The molecule has 0 saturated heterocycles. The average molecular weight is 343 g/mol. The summed E-state index contributed by atoms with van der Waals surface area (Å²) in [6.45, 7) is 2.20. The van der Waals surface area contributed by atoms with Crippen molar-refractivity contribution in [3.05, 3.63) is 52.7 Å². The number of unbranched alkanes of at least 4 members (excludes halogenated alkanes) is 1. The van der Waals surface area contributed by atoms with Crippen LogP contribution in [0.2, 0.25) is 0 Å². The SMILES string of the molecule is CCCCSC1=CCC(C#Cc2ccc(SC#N)c(F)c2)C=C1. The molecule has 0 fully saturated rings. The van der Waals surface area contributed by atoms with Gasteiger partial charge in [-0.2, -0.15) is 5.26 Å². The molecule has 0 saturated carbocycles. The summed E-state index contributed by atoms with van der Waals surface area (Å²) in [5, 5.41) is 10.5. The lowest BCUT2D eigenvalue weighted by Crippen LogP contribution is -1.96. The van der Waals surface area contributed by atoms with Gasteiger partial charge in [0, 0.05) is 16.4 Å². The van der Waals surface area contributed by atoms with Gasteiger partial charge in [-0.25, -0.2) is 4.39 Å². The summed E-state index contributed by atoms with van der Waals surface area (Å²) >= 11 is 2.72. The molecule has 1 aromatic rings. The van der Waals surface area contributed by atoms with E-state index < -0.39 is 5.82 Å². The Bertz CT molecular complexity index is 704. The van der Waals surface area contributed by atoms with Crippen LogP contribution in [0.3, 0.4) is 0 Å². The van der Waals surface area contributed by atoms with Gasteiger partial charge in [0.15, 0.2) is 0 Å². The monoisotopic (exact) mass is 343 g/mol. The van der Waals surface area contributed by atoms with Gasteiger partial charge in [0.2, 0.25) is 0 Å². The fraction of sp³-hybridized carbons (Fsp3) is 0.316. The molecule has 0 aromatic heterocycles. The van der Waals surface area contributed by atoms with Crippen LogP contribution in [0.15, 0.2) is 46.2 Å². The van der Waals surface area contributed by atoms with Gasteiger partial charge in [0.05, 0.1) is 4.90 Å². The molecule has 23 heavy (non-hydrogen) atoms. The van der Waals surface area contributed by atoms with Crippen LogP contribution < -0.4 is 0 Å². The Balaban J connectivity index is 1.93. The molecule has 1 atom stereocenters. The van der Waals surface area contributed by atoms with Crippen molar-refractivity contribution in [2.45, 2.75) is 31.1 Å². The number of hydrogen-bond acceptors (Lipinski definition) is 3. The molecule has 1 unspecified atom stereocenters. The smallest absolute Gasteiger partial charge is 0.139 e. The van der Waals surface area contributed by atoms with Crippen LogP contribution in [0, 0.1) is 34.2 Å². The lowest BCUT2D eigenvalue weighted by atomic mass is 10.0. The molecular formula is C19H18FNS2. The molecule has 0 heterocycles. The van der Waals surface area contributed by atoms with Crippen LogP contribution >= 0.6 is 23.5 Å². The van der Waals surface area contributed by atoms with Gasteiger partial charge in [-0.3, -0.25) is 0 Å². The van der Waals surface area contributed by atoms with Crippen LogP contribution in [0.5, 0.6) is 0 Å². The van der Waals surface area contributed by atoms with E-state index >= 15 is 0 Å². The van der Waals surface area contributed by atoms with E-state index in [1.165, 1.54) is 23.8 Å². The maximum Gasteiger partial charge on any atom is 0.139 e. The molecular weight excluding hydrogens is 325 g/mol. The first-order valence-electron chi connectivity index (χ1n) is 7.61. The minimum absolute atomic E-state index is 0.182. The summed E-state index contributed by atoms with van der Waals surface area (Å²) in [6, 6.07) is 4.75. The van der Waals surface area contributed by atoms with Crippen LogP contribution in [-0.4, -0.2) is 5.75 Å². The molecule has 0 aliphatic heterocycles. The normalized spacial score (nSPS) is 16.2. The number of thiocyanates is 1. The van der Waals surface area contributed by atoms with E-state index in [4.69, 9.17) is 5.26 Å².